The van der Waals surface area contributed by atoms with Gasteiger partial charge in [0.05, 0.1) is 12.9 Å². The minimum absolute atomic E-state index is 0.0910. The third kappa shape index (κ3) is 1.96. The molecule has 3 aromatic heterocycles. The van der Waals surface area contributed by atoms with Crippen molar-refractivity contribution in [3.05, 3.63) is 35.1 Å². The van der Waals surface area contributed by atoms with E-state index in [1.807, 2.05) is 0 Å². The summed E-state index contributed by atoms with van der Waals surface area (Å²) in [6, 6.07) is 1.60. The number of aliphatic hydroxyl groups excluding tert-OH is 3. The van der Waals surface area contributed by atoms with Crippen LogP contribution in [0.4, 0.5) is 0 Å². The highest BCUT2D eigenvalue weighted by molar-refractivity contribution is 5.71. The summed E-state index contributed by atoms with van der Waals surface area (Å²) in [5, 5.41) is 29.1. The lowest BCUT2D eigenvalue weighted by atomic mass is 10.1. The van der Waals surface area contributed by atoms with Crippen LogP contribution in [0.15, 0.2) is 29.6 Å². The molecule has 120 valence electrons. The second kappa shape index (κ2) is 5.06. The van der Waals surface area contributed by atoms with Gasteiger partial charge in [0, 0.05) is 12.4 Å². The van der Waals surface area contributed by atoms with E-state index in [9.17, 15) is 15.0 Å². The molecule has 4 heterocycles. The van der Waals surface area contributed by atoms with Crippen LogP contribution >= 0.6 is 0 Å². The van der Waals surface area contributed by atoms with Gasteiger partial charge in [-0.05, 0) is 6.07 Å². The summed E-state index contributed by atoms with van der Waals surface area (Å²) in [6.45, 7) is -0.443. The lowest BCUT2D eigenvalue weighted by Crippen LogP contribution is -2.33. The summed E-state index contributed by atoms with van der Waals surface area (Å²) in [7, 11) is 0. The standard InChI is InChI=1S/C13H13N5O5/c19-4-6-8(20)9(21)12(23-6)18-5-15-7-10(18)16-13-14-2-1-3-17(13)11(7)22/h1-3,5-6,8-9,12,19-21H,4H2/t6-,8+,9-,12-/m1/s1. The topological polar surface area (TPSA) is 135 Å². The minimum atomic E-state index is -1.28. The fourth-order valence-electron chi connectivity index (χ4n) is 2.73. The van der Waals surface area contributed by atoms with E-state index in [4.69, 9.17) is 9.84 Å². The number of fused-ring (bicyclic) bond motifs is 2. The third-order valence-electron chi connectivity index (χ3n) is 3.91. The molecule has 10 heteroatoms. The van der Waals surface area contributed by atoms with E-state index in [0.717, 1.165) is 0 Å². The summed E-state index contributed by atoms with van der Waals surface area (Å²) < 4.78 is 8.06. The molecule has 0 aromatic carbocycles. The van der Waals surface area contributed by atoms with Gasteiger partial charge >= 0.3 is 0 Å². The molecule has 0 bridgehead atoms. The van der Waals surface area contributed by atoms with Gasteiger partial charge in [-0.3, -0.25) is 9.36 Å². The number of nitrogens with zero attached hydrogens (tertiary/aromatic N) is 5. The number of aliphatic hydroxyl groups is 3. The SMILES string of the molecule is O=c1c2ncn([C@@H]3O[C@H](CO)[C@H](O)[C@H]3O)c2nc2ncccn12. The number of aromatic nitrogens is 5. The molecule has 10 nitrogen and oxygen atoms in total. The average molecular weight is 319 g/mol. The predicted molar refractivity (Wildman–Crippen MR) is 75.6 cm³/mol. The Morgan fingerprint density at radius 2 is 2.09 bits per heavy atom. The second-order valence-corrected chi connectivity index (χ2v) is 5.26. The molecule has 3 aromatic rings. The Labute approximate surface area is 128 Å². The molecule has 0 unspecified atom stereocenters. The quantitative estimate of drug-likeness (QED) is 0.496. The highest BCUT2D eigenvalue weighted by Crippen LogP contribution is 2.30. The molecule has 1 aliphatic heterocycles. The van der Waals surface area contributed by atoms with Gasteiger partial charge in [0.1, 0.15) is 18.3 Å². The number of ether oxygens (including phenoxy) is 1. The summed E-state index contributed by atoms with van der Waals surface area (Å²) in [6.07, 6.45) is -0.129. The zero-order valence-electron chi connectivity index (χ0n) is 11.7. The van der Waals surface area contributed by atoms with Crippen molar-refractivity contribution in [2.75, 3.05) is 6.61 Å². The summed E-state index contributed by atoms with van der Waals surface area (Å²) in [4.78, 5) is 24.7. The van der Waals surface area contributed by atoms with E-state index in [1.54, 1.807) is 6.07 Å². The number of imidazole rings is 1. The molecule has 3 N–H and O–H groups in total. The van der Waals surface area contributed by atoms with Crippen LogP contribution in [0.5, 0.6) is 0 Å². The fourth-order valence-corrected chi connectivity index (χ4v) is 2.73. The molecule has 1 fully saturated rings. The number of rotatable bonds is 2. The van der Waals surface area contributed by atoms with Gasteiger partial charge in [0.15, 0.2) is 17.4 Å². The van der Waals surface area contributed by atoms with Crippen molar-refractivity contribution in [1.29, 1.82) is 0 Å². The Bertz CT molecular complexity index is 937. The van der Waals surface area contributed by atoms with Gasteiger partial charge in [0.2, 0.25) is 5.78 Å². The Kier molecular flexibility index (Phi) is 3.13. The highest BCUT2D eigenvalue weighted by Gasteiger charge is 2.44. The maximum Gasteiger partial charge on any atom is 0.287 e. The summed E-state index contributed by atoms with van der Waals surface area (Å²) >= 11 is 0. The lowest BCUT2D eigenvalue weighted by molar-refractivity contribution is -0.0511. The van der Waals surface area contributed by atoms with E-state index < -0.39 is 36.7 Å². The molecule has 1 aliphatic rings. The molecular formula is C13H13N5O5. The molecule has 0 radical (unpaired) electrons. The summed E-state index contributed by atoms with van der Waals surface area (Å²) in [5.41, 5.74) is -0.125. The first-order chi connectivity index (χ1) is 11.1. The van der Waals surface area contributed by atoms with Gasteiger partial charge in [-0.15, -0.1) is 0 Å². The van der Waals surface area contributed by atoms with Crippen molar-refractivity contribution in [2.24, 2.45) is 0 Å². The van der Waals surface area contributed by atoms with E-state index in [0.29, 0.717) is 0 Å². The minimum Gasteiger partial charge on any atom is -0.394 e. The van der Waals surface area contributed by atoms with Crippen molar-refractivity contribution in [3.8, 4) is 0 Å². The smallest absolute Gasteiger partial charge is 0.287 e. The zero-order chi connectivity index (χ0) is 16.1. The maximum atomic E-state index is 12.4. The van der Waals surface area contributed by atoms with Crippen molar-refractivity contribution >= 4 is 16.9 Å². The van der Waals surface area contributed by atoms with Crippen LogP contribution in [0, 0.1) is 0 Å². The van der Waals surface area contributed by atoms with Gasteiger partial charge in [-0.25, -0.2) is 14.4 Å². The molecule has 0 aliphatic carbocycles. The molecule has 0 spiro atoms. The largest absolute Gasteiger partial charge is 0.394 e. The van der Waals surface area contributed by atoms with Gasteiger partial charge in [-0.1, -0.05) is 0 Å². The van der Waals surface area contributed by atoms with Gasteiger partial charge in [-0.2, -0.15) is 4.98 Å². The van der Waals surface area contributed by atoms with Crippen molar-refractivity contribution in [1.82, 2.24) is 23.9 Å². The van der Waals surface area contributed by atoms with E-state index >= 15 is 0 Å². The monoisotopic (exact) mass is 319 g/mol. The first-order valence-electron chi connectivity index (χ1n) is 6.94. The predicted octanol–water partition coefficient (Wildman–Crippen LogP) is -1.95. The van der Waals surface area contributed by atoms with Crippen LogP contribution in [0.2, 0.25) is 0 Å². The van der Waals surface area contributed by atoms with E-state index in [-0.39, 0.29) is 16.9 Å². The maximum absolute atomic E-state index is 12.4. The van der Waals surface area contributed by atoms with E-state index in [2.05, 4.69) is 15.0 Å². The first kappa shape index (κ1) is 14.2. The highest BCUT2D eigenvalue weighted by atomic mass is 16.6. The van der Waals surface area contributed by atoms with Crippen LogP contribution in [-0.2, 0) is 4.74 Å². The van der Waals surface area contributed by atoms with Crippen LogP contribution in [0.25, 0.3) is 16.9 Å². The Balaban J connectivity index is 1.91. The Morgan fingerprint density at radius 3 is 2.83 bits per heavy atom. The van der Waals surface area contributed by atoms with Crippen LogP contribution in [0.1, 0.15) is 6.23 Å². The molecule has 0 amide bonds. The van der Waals surface area contributed by atoms with Gasteiger partial charge < -0.3 is 20.1 Å². The van der Waals surface area contributed by atoms with E-state index in [1.165, 1.54) is 27.7 Å². The molecule has 1 saturated heterocycles. The van der Waals surface area contributed by atoms with Gasteiger partial charge in [0.25, 0.3) is 5.56 Å². The van der Waals surface area contributed by atoms with Crippen LogP contribution in [-0.4, -0.2) is 64.2 Å². The van der Waals surface area contributed by atoms with Crippen molar-refractivity contribution in [3.63, 3.8) is 0 Å². The fraction of sp³-hybridized carbons (Fsp3) is 0.385. The Morgan fingerprint density at radius 1 is 1.26 bits per heavy atom. The Hall–Kier alpha value is -2.40. The van der Waals surface area contributed by atoms with Crippen LogP contribution in [0.3, 0.4) is 0 Å². The molecule has 4 rings (SSSR count). The number of hydrogen-bond acceptors (Lipinski definition) is 8. The molecule has 4 atom stereocenters. The average Bonchev–Trinajstić information content (AvgIpc) is 3.10. The summed E-state index contributed by atoms with van der Waals surface area (Å²) in [5.74, 6) is 0.179. The zero-order valence-corrected chi connectivity index (χ0v) is 11.7. The lowest BCUT2D eigenvalue weighted by Gasteiger charge is -2.16. The molecule has 23 heavy (non-hydrogen) atoms. The third-order valence-corrected chi connectivity index (χ3v) is 3.91. The second-order valence-electron chi connectivity index (χ2n) is 5.26. The first-order valence-corrected chi connectivity index (χ1v) is 6.94. The van der Waals surface area contributed by atoms with Crippen molar-refractivity contribution < 1.29 is 20.1 Å². The van der Waals surface area contributed by atoms with Crippen molar-refractivity contribution in [2.45, 2.75) is 24.5 Å². The normalized spacial score (nSPS) is 28.0. The molecule has 0 saturated carbocycles. The molecular weight excluding hydrogens is 306 g/mol. The van der Waals surface area contributed by atoms with Crippen LogP contribution < -0.4 is 5.56 Å². The number of hydrogen-bond donors (Lipinski definition) is 3.